The van der Waals surface area contributed by atoms with E-state index in [-0.39, 0.29) is 0 Å². The lowest BCUT2D eigenvalue weighted by molar-refractivity contribution is -0.107. The van der Waals surface area contributed by atoms with Crippen LogP contribution in [0.5, 0.6) is 0 Å². The maximum atomic E-state index is 9.84. The molecule has 1 aromatic rings. The minimum absolute atomic E-state index is 0.482. The molecule has 0 atom stereocenters. The Kier molecular flexibility index (Phi) is 6.30. The number of benzene rings is 1. The van der Waals surface area contributed by atoms with E-state index in [1.54, 1.807) is 27.7 Å². The molecule has 0 aliphatic carbocycles. The van der Waals surface area contributed by atoms with Gasteiger partial charge < -0.3 is 20.2 Å². The van der Waals surface area contributed by atoms with Crippen LogP contribution in [0.15, 0.2) is 24.3 Å². The van der Waals surface area contributed by atoms with Crippen molar-refractivity contribution in [3.05, 3.63) is 24.3 Å². The van der Waals surface area contributed by atoms with E-state index in [2.05, 4.69) is 4.90 Å². The van der Waals surface area contributed by atoms with Crippen molar-refractivity contribution in [1.29, 1.82) is 0 Å². The van der Waals surface area contributed by atoms with Gasteiger partial charge in [0.05, 0.1) is 16.8 Å². The van der Waals surface area contributed by atoms with Gasteiger partial charge in [0.2, 0.25) is 0 Å². The smallest absolute Gasteiger partial charge is 0.113 e. The number of piperidine rings is 1. The Bertz CT molecular complexity index is 464. The summed E-state index contributed by atoms with van der Waals surface area (Å²) in [5.41, 5.74) is -0.507. The molecule has 1 aliphatic heterocycles. The van der Waals surface area contributed by atoms with Gasteiger partial charge in [-0.05, 0) is 59.6 Å². The van der Waals surface area contributed by atoms with Crippen molar-refractivity contribution in [2.24, 2.45) is 0 Å². The highest BCUT2D eigenvalue weighted by Crippen LogP contribution is 2.25. The summed E-state index contributed by atoms with van der Waals surface area (Å²) < 4.78 is 0. The lowest BCUT2D eigenvalue weighted by Gasteiger charge is -2.37. The fourth-order valence-electron chi connectivity index (χ4n) is 1.93. The van der Waals surface area contributed by atoms with Crippen LogP contribution in [0.4, 0.5) is 5.69 Å². The van der Waals surface area contributed by atoms with E-state index in [4.69, 9.17) is 18.1 Å². The molecule has 128 valence electrons. The lowest BCUT2D eigenvalue weighted by Crippen LogP contribution is -2.44. The minimum atomic E-state index is -1.01. The molecule has 3 N–H and O–H groups in total. The van der Waals surface area contributed by atoms with E-state index in [1.807, 2.05) is 31.2 Å². The second kappa shape index (κ2) is 7.24. The summed E-state index contributed by atoms with van der Waals surface area (Å²) in [5.74, 6) is 0. The molecular weight excluding hydrogens is 289 g/mol. The molecule has 0 saturated carbocycles. The van der Waals surface area contributed by atoms with Crippen molar-refractivity contribution in [2.45, 2.75) is 64.3 Å². The van der Waals surface area contributed by atoms with E-state index < -0.39 is 16.8 Å². The molecule has 5 heteroatoms. The van der Waals surface area contributed by atoms with Gasteiger partial charge in [-0.3, -0.25) is 0 Å². The molecule has 23 heavy (non-hydrogen) atoms. The van der Waals surface area contributed by atoms with Crippen LogP contribution < -0.4 is 10.4 Å². The van der Waals surface area contributed by atoms with Crippen LogP contribution in [0, 0.1) is 0 Å². The standard InChI is InChI=1S/C12H16BNO.C6H14O2/c1-12(15)6-8-14(9-7-12)11-4-2-10(13)3-5-11;1-5(2,7)6(3,4)8/h2-5,15H,6-9H2,1H3;7-8H,1-4H3. The van der Waals surface area contributed by atoms with E-state index in [1.165, 1.54) is 5.69 Å². The summed E-state index contributed by atoms with van der Waals surface area (Å²) in [4.78, 5) is 2.29. The maximum Gasteiger partial charge on any atom is 0.113 e. The Morgan fingerprint density at radius 2 is 1.35 bits per heavy atom. The van der Waals surface area contributed by atoms with Crippen LogP contribution >= 0.6 is 0 Å². The van der Waals surface area contributed by atoms with Crippen LogP contribution in [-0.4, -0.2) is 53.1 Å². The van der Waals surface area contributed by atoms with E-state index in [0.29, 0.717) is 0 Å². The van der Waals surface area contributed by atoms with Gasteiger partial charge in [-0.1, -0.05) is 17.6 Å². The summed E-state index contributed by atoms with van der Waals surface area (Å²) >= 11 is 0. The number of nitrogens with zero attached hydrogens (tertiary/aromatic N) is 1. The first-order chi connectivity index (χ1) is 10.3. The molecule has 4 nitrogen and oxygen atoms in total. The molecule has 0 spiro atoms. The lowest BCUT2D eigenvalue weighted by atomic mass is 9.90. The summed E-state index contributed by atoms with van der Waals surface area (Å²) in [6, 6.07) is 7.91. The predicted octanol–water partition coefficient (Wildman–Crippen LogP) is 1.36. The van der Waals surface area contributed by atoms with Gasteiger partial charge in [0.15, 0.2) is 0 Å². The zero-order chi connectivity index (χ0) is 17.9. The summed E-state index contributed by atoms with van der Waals surface area (Å²) in [5, 5.41) is 28.0. The molecule has 0 amide bonds. The summed E-state index contributed by atoms with van der Waals surface area (Å²) in [6.07, 6.45) is 1.66. The summed E-state index contributed by atoms with van der Waals surface area (Å²) in [7, 11) is 5.64. The van der Waals surface area contributed by atoms with Gasteiger partial charge in [0, 0.05) is 18.8 Å². The van der Waals surface area contributed by atoms with E-state index in [9.17, 15) is 5.11 Å². The van der Waals surface area contributed by atoms with Crippen molar-refractivity contribution in [2.75, 3.05) is 18.0 Å². The fourth-order valence-corrected chi connectivity index (χ4v) is 1.93. The van der Waals surface area contributed by atoms with Gasteiger partial charge in [-0.2, -0.15) is 0 Å². The average Bonchev–Trinajstić information content (AvgIpc) is 2.38. The zero-order valence-corrected chi connectivity index (χ0v) is 15.0. The quantitative estimate of drug-likeness (QED) is 0.720. The number of hydrogen-bond donors (Lipinski definition) is 3. The molecule has 2 radical (unpaired) electrons. The SMILES string of the molecule is CC(C)(O)C(C)(C)O.[B]c1ccc(N2CCC(C)(O)CC2)cc1. The largest absolute Gasteiger partial charge is 0.390 e. The maximum absolute atomic E-state index is 9.84. The first-order valence-electron chi connectivity index (χ1n) is 8.09. The number of rotatable bonds is 2. The molecule has 1 aliphatic rings. The van der Waals surface area contributed by atoms with Crippen LogP contribution in [0.3, 0.4) is 0 Å². The highest BCUT2D eigenvalue weighted by molar-refractivity contribution is 6.32. The van der Waals surface area contributed by atoms with Crippen molar-refractivity contribution in [1.82, 2.24) is 0 Å². The minimum Gasteiger partial charge on any atom is -0.390 e. The Hall–Kier alpha value is -1.04. The highest BCUT2D eigenvalue weighted by atomic mass is 16.3. The van der Waals surface area contributed by atoms with Gasteiger partial charge in [0.1, 0.15) is 7.85 Å². The second-order valence-electron chi connectivity index (χ2n) is 7.69. The van der Waals surface area contributed by atoms with Gasteiger partial charge in [-0.25, -0.2) is 0 Å². The van der Waals surface area contributed by atoms with Gasteiger partial charge in [-0.15, -0.1) is 0 Å². The molecule has 0 unspecified atom stereocenters. The third-order valence-corrected chi connectivity index (χ3v) is 4.60. The molecule has 1 saturated heterocycles. The molecule has 2 rings (SSSR count). The molecule has 0 aromatic heterocycles. The molecule has 1 fully saturated rings. The first-order valence-corrected chi connectivity index (χ1v) is 8.09. The average molecular weight is 319 g/mol. The highest BCUT2D eigenvalue weighted by Gasteiger charge is 2.32. The molecule has 1 aromatic carbocycles. The topological polar surface area (TPSA) is 63.9 Å². The van der Waals surface area contributed by atoms with Crippen LogP contribution in [0.2, 0.25) is 0 Å². The van der Waals surface area contributed by atoms with Gasteiger partial charge in [0.25, 0.3) is 0 Å². The first kappa shape index (κ1) is 20.0. The van der Waals surface area contributed by atoms with E-state index >= 15 is 0 Å². The van der Waals surface area contributed by atoms with Crippen molar-refractivity contribution in [3.63, 3.8) is 0 Å². The van der Waals surface area contributed by atoms with Crippen LogP contribution in [-0.2, 0) is 0 Å². The fraction of sp³-hybridized carbons (Fsp3) is 0.667. The van der Waals surface area contributed by atoms with E-state index in [0.717, 1.165) is 31.4 Å². The van der Waals surface area contributed by atoms with Gasteiger partial charge >= 0.3 is 0 Å². The van der Waals surface area contributed by atoms with Crippen LogP contribution in [0.25, 0.3) is 0 Å². The Morgan fingerprint density at radius 3 is 1.70 bits per heavy atom. The second-order valence-corrected chi connectivity index (χ2v) is 7.69. The summed E-state index contributed by atoms with van der Waals surface area (Å²) in [6.45, 7) is 10.0. The molecule has 0 bridgehead atoms. The zero-order valence-electron chi connectivity index (χ0n) is 15.0. The monoisotopic (exact) mass is 319 g/mol. The Labute approximate surface area is 141 Å². The number of hydrogen-bond acceptors (Lipinski definition) is 4. The Balaban J connectivity index is 0.000000284. The molecular formula is C18H30BNO3. The predicted molar refractivity (Wildman–Crippen MR) is 96.5 cm³/mol. The van der Waals surface area contributed by atoms with Crippen molar-refractivity contribution >= 4 is 19.0 Å². The third kappa shape index (κ3) is 6.54. The number of aliphatic hydroxyl groups is 3. The number of anilines is 1. The van der Waals surface area contributed by atoms with Crippen molar-refractivity contribution in [3.8, 4) is 0 Å². The van der Waals surface area contributed by atoms with Crippen LogP contribution in [0.1, 0.15) is 47.5 Å². The van der Waals surface area contributed by atoms with Crippen molar-refractivity contribution < 1.29 is 15.3 Å². The molecule has 1 heterocycles. The normalized spacial score (nSPS) is 18.2. The third-order valence-electron chi connectivity index (χ3n) is 4.60. The Morgan fingerprint density at radius 1 is 0.957 bits per heavy atom.